The van der Waals surface area contributed by atoms with Gasteiger partial charge in [0, 0.05) is 37.2 Å². The van der Waals surface area contributed by atoms with Gasteiger partial charge in [0.25, 0.3) is 0 Å². The largest absolute Gasteiger partial charge is 0.298 e. The van der Waals surface area contributed by atoms with E-state index in [1.165, 1.54) is 36.6 Å². The molecule has 4 saturated carbocycles. The van der Waals surface area contributed by atoms with E-state index in [1.54, 1.807) is 0 Å². The van der Waals surface area contributed by atoms with Crippen LogP contribution in [0.5, 0.6) is 0 Å². The predicted octanol–water partition coefficient (Wildman–Crippen LogP) is 5.39. The molecule has 0 amide bonds. The first-order valence-corrected chi connectivity index (χ1v) is 13.4. The van der Waals surface area contributed by atoms with E-state index in [-0.39, 0.29) is 5.41 Å². The average molecular weight is 458 g/mol. The van der Waals surface area contributed by atoms with Crippen molar-refractivity contribution in [3.63, 3.8) is 0 Å². The molecule has 2 aromatic rings. The Morgan fingerprint density at radius 3 is 2.48 bits per heavy atom. The quantitative estimate of drug-likeness (QED) is 0.545. The highest BCUT2D eigenvalue weighted by Crippen LogP contribution is 2.60. The van der Waals surface area contributed by atoms with Crippen molar-refractivity contribution in [3.05, 3.63) is 58.8 Å². The number of aromatic nitrogens is 1. The van der Waals surface area contributed by atoms with Gasteiger partial charge in [0.05, 0.1) is 11.3 Å². The third kappa shape index (κ3) is 4.13. The van der Waals surface area contributed by atoms with Gasteiger partial charge < -0.3 is 0 Å². The topological polar surface area (TPSA) is 57.0 Å². The van der Waals surface area contributed by atoms with Gasteiger partial charge in [0.1, 0.15) is 16.9 Å². The highest BCUT2D eigenvalue weighted by atomic mass is 32.2. The first kappa shape index (κ1) is 21.4. The number of rotatable bonds is 6. The molecule has 0 N–H and O–H groups in total. The van der Waals surface area contributed by atoms with Crippen LogP contribution < -0.4 is 0 Å². The van der Waals surface area contributed by atoms with Crippen molar-refractivity contribution < 1.29 is 4.79 Å². The number of nitrogens with zero attached hydrogens (tertiary/aromatic N) is 3. The third-order valence-electron chi connectivity index (χ3n) is 8.55. The Kier molecular flexibility index (Phi) is 5.55. The molecule has 0 atom stereocenters. The summed E-state index contributed by atoms with van der Waals surface area (Å²) >= 11 is 1.51. The Labute approximate surface area is 200 Å². The third-order valence-corrected chi connectivity index (χ3v) is 9.55. The Bertz CT molecular complexity index is 1070. The van der Waals surface area contributed by atoms with Crippen LogP contribution in [0.15, 0.2) is 41.4 Å². The van der Waals surface area contributed by atoms with Crippen molar-refractivity contribution >= 4 is 17.5 Å². The lowest BCUT2D eigenvalue weighted by atomic mass is 9.48. The van der Waals surface area contributed by atoms with E-state index in [4.69, 9.17) is 4.98 Å². The summed E-state index contributed by atoms with van der Waals surface area (Å²) in [5.41, 5.74) is 4.12. The monoisotopic (exact) mass is 457 g/mol. The summed E-state index contributed by atoms with van der Waals surface area (Å²) in [4.78, 5) is 20.8. The molecule has 1 aromatic heterocycles. The summed E-state index contributed by atoms with van der Waals surface area (Å²) in [5, 5.41) is 10.6. The lowest BCUT2D eigenvalue weighted by molar-refractivity contribution is -0.141. The van der Waals surface area contributed by atoms with Crippen LogP contribution in [0, 0.1) is 34.5 Å². The molecule has 4 bridgehead atoms. The van der Waals surface area contributed by atoms with Crippen LogP contribution in [0.1, 0.15) is 60.9 Å². The Hall–Kier alpha value is -2.16. The Balaban J connectivity index is 1.14. The number of thioether (sulfide) groups is 1. The van der Waals surface area contributed by atoms with Gasteiger partial charge in [-0.25, -0.2) is 4.98 Å². The first-order valence-electron chi connectivity index (χ1n) is 12.5. The van der Waals surface area contributed by atoms with Crippen LogP contribution >= 0.6 is 11.8 Å². The fraction of sp³-hybridized carbons (Fsp3) is 0.536. The molecule has 0 spiro atoms. The molecule has 4 aliphatic carbocycles. The van der Waals surface area contributed by atoms with E-state index < -0.39 is 0 Å². The standard InChI is InChI=1S/C28H31N3OS/c29-15-23-11-24-17-31(16-19-4-2-1-3-5-19)7-6-25(24)30-27(23)33-18-26(32)28-12-20-8-21(13-28)10-22(9-20)14-28/h1-5,11,20-22H,6-10,12-14,16-18H2. The van der Waals surface area contributed by atoms with Crippen molar-refractivity contribution in [2.45, 2.75) is 63.1 Å². The summed E-state index contributed by atoms with van der Waals surface area (Å²) in [6, 6.07) is 14.9. The first-order chi connectivity index (χ1) is 16.1. The number of nitriles is 1. The van der Waals surface area contributed by atoms with E-state index >= 15 is 0 Å². The fourth-order valence-electron chi connectivity index (χ4n) is 7.42. The van der Waals surface area contributed by atoms with Crippen LogP contribution in [0.25, 0.3) is 0 Å². The lowest BCUT2D eigenvalue weighted by Crippen LogP contribution is -2.50. The number of fused-ring (bicyclic) bond motifs is 1. The molecule has 2 heterocycles. The second kappa shape index (κ2) is 8.56. The average Bonchev–Trinajstić information content (AvgIpc) is 2.81. The molecule has 0 unspecified atom stereocenters. The molecule has 33 heavy (non-hydrogen) atoms. The van der Waals surface area contributed by atoms with Gasteiger partial charge in [0.15, 0.2) is 0 Å². The summed E-state index contributed by atoms with van der Waals surface area (Å²) < 4.78 is 0. The van der Waals surface area contributed by atoms with Crippen molar-refractivity contribution in [3.8, 4) is 6.07 Å². The maximum atomic E-state index is 13.4. The van der Waals surface area contributed by atoms with Gasteiger partial charge in [-0.15, -0.1) is 0 Å². The zero-order valence-electron chi connectivity index (χ0n) is 19.1. The lowest BCUT2D eigenvalue weighted by Gasteiger charge is -2.56. The molecule has 1 aliphatic heterocycles. The van der Waals surface area contributed by atoms with E-state index in [0.717, 1.165) is 79.4 Å². The molecule has 0 saturated heterocycles. The number of pyridine rings is 1. The summed E-state index contributed by atoms with van der Waals surface area (Å²) in [6.45, 7) is 2.71. The molecule has 5 heteroatoms. The minimum atomic E-state index is -0.0687. The van der Waals surface area contributed by atoms with Gasteiger partial charge >= 0.3 is 0 Å². The second-order valence-electron chi connectivity index (χ2n) is 10.9. The van der Waals surface area contributed by atoms with Crippen molar-refractivity contribution in [1.82, 2.24) is 9.88 Å². The molecular formula is C28H31N3OS. The molecule has 170 valence electrons. The molecule has 4 fully saturated rings. The smallest absolute Gasteiger partial charge is 0.149 e. The number of carbonyl (C=O) groups excluding carboxylic acids is 1. The Morgan fingerprint density at radius 1 is 1.12 bits per heavy atom. The number of carbonyl (C=O) groups is 1. The summed E-state index contributed by atoms with van der Waals surface area (Å²) in [6.07, 6.45) is 8.28. The second-order valence-corrected chi connectivity index (χ2v) is 11.9. The van der Waals surface area contributed by atoms with E-state index in [1.807, 2.05) is 12.1 Å². The number of hydrogen-bond acceptors (Lipinski definition) is 5. The number of ketones is 1. The fourth-order valence-corrected chi connectivity index (χ4v) is 8.43. The van der Waals surface area contributed by atoms with Crippen molar-refractivity contribution in [2.24, 2.45) is 23.2 Å². The zero-order valence-corrected chi connectivity index (χ0v) is 19.9. The van der Waals surface area contributed by atoms with Gasteiger partial charge in [-0.05, 0) is 73.5 Å². The molecule has 4 nitrogen and oxygen atoms in total. The number of Topliss-reactive ketones (excluding diaryl/α,β-unsaturated/α-hetero) is 1. The van der Waals surface area contributed by atoms with E-state index in [9.17, 15) is 10.1 Å². The van der Waals surface area contributed by atoms with Crippen LogP contribution in [0.4, 0.5) is 0 Å². The van der Waals surface area contributed by atoms with Gasteiger partial charge in [-0.3, -0.25) is 9.69 Å². The normalized spacial score (nSPS) is 30.1. The van der Waals surface area contributed by atoms with Crippen LogP contribution in [-0.2, 0) is 24.3 Å². The van der Waals surface area contributed by atoms with Crippen molar-refractivity contribution in [2.75, 3.05) is 12.3 Å². The maximum absolute atomic E-state index is 13.4. The number of hydrogen-bond donors (Lipinski definition) is 0. The summed E-state index contributed by atoms with van der Waals surface area (Å²) in [7, 11) is 0. The molecule has 7 rings (SSSR count). The van der Waals surface area contributed by atoms with E-state index in [2.05, 4.69) is 35.2 Å². The minimum Gasteiger partial charge on any atom is -0.298 e. The maximum Gasteiger partial charge on any atom is 0.149 e. The van der Waals surface area contributed by atoms with E-state index in [0.29, 0.717) is 17.1 Å². The molecule has 5 aliphatic rings. The van der Waals surface area contributed by atoms with Crippen LogP contribution in [-0.4, -0.2) is 28.0 Å². The van der Waals surface area contributed by atoms with Crippen LogP contribution in [0.3, 0.4) is 0 Å². The van der Waals surface area contributed by atoms with Gasteiger partial charge in [-0.2, -0.15) is 5.26 Å². The minimum absolute atomic E-state index is 0.0687. The molecule has 1 aromatic carbocycles. The summed E-state index contributed by atoms with van der Waals surface area (Å²) in [5.74, 6) is 3.22. The van der Waals surface area contributed by atoms with Gasteiger partial charge in [0.2, 0.25) is 0 Å². The number of benzene rings is 1. The zero-order chi connectivity index (χ0) is 22.4. The molecular weight excluding hydrogens is 426 g/mol. The highest BCUT2D eigenvalue weighted by molar-refractivity contribution is 8.00. The SMILES string of the molecule is N#Cc1cc2c(nc1SCC(=O)C13CC4CC(CC(C4)C1)C3)CCN(Cc1ccccc1)C2. The predicted molar refractivity (Wildman–Crippen MR) is 130 cm³/mol. The Morgan fingerprint density at radius 2 is 1.82 bits per heavy atom. The molecule has 0 radical (unpaired) electrons. The van der Waals surface area contributed by atoms with Gasteiger partial charge in [-0.1, -0.05) is 42.1 Å². The highest BCUT2D eigenvalue weighted by Gasteiger charge is 2.54. The van der Waals surface area contributed by atoms with Crippen LogP contribution in [0.2, 0.25) is 0 Å². The van der Waals surface area contributed by atoms with Crippen molar-refractivity contribution in [1.29, 1.82) is 5.26 Å².